The molecular weight excluding hydrogens is 454 g/mol. The number of benzene rings is 1. The van der Waals surface area contributed by atoms with Gasteiger partial charge in [0.25, 0.3) is 5.91 Å². The van der Waals surface area contributed by atoms with Crippen LogP contribution < -0.4 is 5.73 Å². The topological polar surface area (TPSA) is 165 Å². The molecule has 10 heteroatoms. The average Bonchev–Trinajstić information content (AvgIpc) is 2.72. The number of hydrogen-bond donors (Lipinski definition) is 5. The Morgan fingerprint density at radius 3 is 2.34 bits per heavy atom. The molecule has 0 aliphatic heterocycles. The summed E-state index contributed by atoms with van der Waals surface area (Å²) in [6.45, 7) is 2.25. The summed E-state index contributed by atoms with van der Waals surface area (Å²) >= 11 is 0. The van der Waals surface area contributed by atoms with Gasteiger partial charge in [-0.2, -0.15) is 0 Å². The van der Waals surface area contributed by atoms with Crippen molar-refractivity contribution in [3.05, 3.63) is 45.2 Å². The molecule has 1 fully saturated rings. The van der Waals surface area contributed by atoms with Gasteiger partial charge in [0.05, 0.1) is 11.6 Å². The van der Waals surface area contributed by atoms with Crippen molar-refractivity contribution in [2.45, 2.75) is 38.0 Å². The van der Waals surface area contributed by atoms with Gasteiger partial charge in [0.1, 0.15) is 22.8 Å². The summed E-state index contributed by atoms with van der Waals surface area (Å²) in [4.78, 5) is 42.2. The minimum absolute atomic E-state index is 0.0744. The van der Waals surface area contributed by atoms with E-state index in [4.69, 9.17) is 5.73 Å². The van der Waals surface area contributed by atoms with Crippen LogP contribution in [0.3, 0.4) is 0 Å². The molecule has 3 aliphatic carbocycles. The van der Waals surface area contributed by atoms with Gasteiger partial charge in [-0.3, -0.25) is 19.3 Å². The fourth-order valence-corrected chi connectivity index (χ4v) is 6.00. The maximum Gasteiger partial charge on any atom is 0.255 e. The normalized spacial score (nSPS) is 28.4. The second-order valence-corrected chi connectivity index (χ2v) is 10.3. The molecule has 0 saturated heterocycles. The van der Waals surface area contributed by atoms with Gasteiger partial charge in [-0.05, 0) is 65.0 Å². The Morgan fingerprint density at radius 2 is 1.80 bits per heavy atom. The van der Waals surface area contributed by atoms with Crippen molar-refractivity contribution in [1.82, 2.24) is 9.80 Å². The van der Waals surface area contributed by atoms with Crippen molar-refractivity contribution < 1.29 is 34.8 Å². The van der Waals surface area contributed by atoms with Crippen molar-refractivity contribution in [3.63, 3.8) is 0 Å². The lowest BCUT2D eigenvalue weighted by molar-refractivity contribution is -0.153. The number of aromatic hydroxyl groups is 1. The summed E-state index contributed by atoms with van der Waals surface area (Å²) in [6, 6.07) is 0.773. The molecule has 1 aromatic rings. The van der Waals surface area contributed by atoms with Crippen LogP contribution in [0.4, 0.5) is 0 Å². The molecule has 1 saturated carbocycles. The van der Waals surface area contributed by atoms with Crippen LogP contribution >= 0.6 is 0 Å². The first-order chi connectivity index (χ1) is 16.2. The highest BCUT2D eigenvalue weighted by molar-refractivity contribution is 6.24. The second-order valence-electron chi connectivity index (χ2n) is 10.3. The standard InChI is InChI=1S/C25H31N3O7/c1-10-6-11-7-12-8-14-18(28(4)5)21(31)17(24(26)34)23(33)25(14,35)22(32)16(12)20(30)15(11)19(29)13(10)9-27(2)3/h6,12,14,18,29-30,33,35H,7-9H2,1-5H3,(H2,26,34)/t12-,14-,18-,25-/m0/s1. The van der Waals surface area contributed by atoms with Gasteiger partial charge < -0.3 is 31.1 Å². The van der Waals surface area contributed by atoms with E-state index in [1.54, 1.807) is 14.1 Å². The Kier molecular flexibility index (Phi) is 5.82. The highest BCUT2D eigenvalue weighted by Gasteiger charge is 2.64. The largest absolute Gasteiger partial charge is 0.508 e. The summed E-state index contributed by atoms with van der Waals surface area (Å²) in [5.74, 6) is -6.39. The van der Waals surface area contributed by atoms with E-state index >= 15 is 0 Å². The van der Waals surface area contributed by atoms with Gasteiger partial charge in [-0.15, -0.1) is 0 Å². The molecule has 0 heterocycles. The predicted octanol–water partition coefficient (Wildman–Crippen LogP) is 0.334. The molecule has 0 aromatic heterocycles. The summed E-state index contributed by atoms with van der Waals surface area (Å²) in [7, 11) is 6.82. The highest BCUT2D eigenvalue weighted by Crippen LogP contribution is 2.53. The van der Waals surface area contributed by atoms with E-state index in [1.165, 1.54) is 4.90 Å². The van der Waals surface area contributed by atoms with E-state index in [-0.39, 0.29) is 29.7 Å². The van der Waals surface area contributed by atoms with Crippen LogP contribution in [0, 0.1) is 18.8 Å². The van der Waals surface area contributed by atoms with Crippen LogP contribution in [0.2, 0.25) is 0 Å². The van der Waals surface area contributed by atoms with Crippen molar-refractivity contribution in [3.8, 4) is 5.75 Å². The van der Waals surface area contributed by atoms with Crippen LogP contribution in [0.1, 0.15) is 28.7 Å². The van der Waals surface area contributed by atoms with Crippen molar-refractivity contribution >= 4 is 23.2 Å². The zero-order valence-electron chi connectivity index (χ0n) is 20.4. The molecule has 188 valence electrons. The Hall–Kier alpha value is -3.21. The highest BCUT2D eigenvalue weighted by atomic mass is 16.3. The molecule has 3 aliphatic rings. The van der Waals surface area contributed by atoms with E-state index in [2.05, 4.69) is 0 Å². The number of ketones is 2. The summed E-state index contributed by atoms with van der Waals surface area (Å²) in [5, 5.41) is 44.8. The first-order valence-electron chi connectivity index (χ1n) is 11.4. The van der Waals surface area contributed by atoms with E-state index in [0.717, 1.165) is 5.56 Å². The first-order valence-corrected chi connectivity index (χ1v) is 11.4. The fraction of sp³-hybridized carbons (Fsp3) is 0.480. The van der Waals surface area contributed by atoms with Crippen LogP contribution in [-0.4, -0.2) is 87.5 Å². The number of aliphatic hydroxyl groups excluding tert-OH is 2. The van der Waals surface area contributed by atoms with Gasteiger partial charge in [0.15, 0.2) is 11.4 Å². The molecule has 0 radical (unpaired) electrons. The molecule has 6 N–H and O–H groups in total. The number of fused-ring (bicyclic) bond motifs is 3. The number of likely N-dealkylation sites (N-methyl/N-ethyl adjacent to an activating group) is 1. The number of primary amides is 1. The van der Waals surface area contributed by atoms with Crippen LogP contribution in [0.15, 0.2) is 23.0 Å². The lowest BCUT2D eigenvalue weighted by atomic mass is 9.57. The Balaban J connectivity index is 1.96. The maximum atomic E-state index is 13.8. The van der Waals surface area contributed by atoms with E-state index in [9.17, 15) is 34.8 Å². The van der Waals surface area contributed by atoms with E-state index in [1.807, 2.05) is 32.0 Å². The minimum atomic E-state index is -2.63. The molecule has 0 spiro atoms. The number of aryl methyl sites for hydroxylation is 1. The lowest BCUT2D eigenvalue weighted by Gasteiger charge is -2.50. The molecule has 0 bridgehead atoms. The van der Waals surface area contributed by atoms with Crippen LogP contribution in [0.5, 0.6) is 5.75 Å². The molecule has 0 unspecified atom stereocenters. The number of nitrogens with two attached hydrogens (primary N) is 1. The third kappa shape index (κ3) is 3.39. The van der Waals surface area contributed by atoms with Crippen molar-refractivity contribution in [2.24, 2.45) is 17.6 Å². The lowest BCUT2D eigenvalue weighted by Crippen LogP contribution is -2.65. The van der Waals surface area contributed by atoms with Gasteiger partial charge in [-0.25, -0.2) is 0 Å². The van der Waals surface area contributed by atoms with Gasteiger partial charge in [0.2, 0.25) is 5.78 Å². The Morgan fingerprint density at radius 1 is 1.17 bits per heavy atom. The molecule has 35 heavy (non-hydrogen) atoms. The van der Waals surface area contributed by atoms with Gasteiger partial charge >= 0.3 is 0 Å². The Labute approximate surface area is 202 Å². The second kappa shape index (κ2) is 8.18. The molecule has 1 aromatic carbocycles. The predicted molar refractivity (Wildman–Crippen MR) is 126 cm³/mol. The SMILES string of the molecule is Cc1cc2c(c(O)c1CN(C)C)C(O)=C1C(=O)[C@]3(O)C(O)=C(C(N)=O)C(=O)[C@@H](N(C)C)[C@@H]3C[C@@H]1C2. The van der Waals surface area contributed by atoms with Crippen molar-refractivity contribution in [1.29, 1.82) is 0 Å². The number of amides is 1. The number of aliphatic hydroxyl groups is 3. The summed E-state index contributed by atoms with van der Waals surface area (Å²) in [5.41, 5.74) is 3.92. The van der Waals surface area contributed by atoms with Gasteiger partial charge in [0, 0.05) is 23.6 Å². The summed E-state index contributed by atoms with van der Waals surface area (Å²) in [6.07, 6.45) is 0.357. The molecule has 4 atom stereocenters. The molecule has 1 amide bonds. The van der Waals surface area contributed by atoms with E-state index < -0.39 is 58.0 Å². The average molecular weight is 486 g/mol. The monoisotopic (exact) mass is 485 g/mol. The smallest absolute Gasteiger partial charge is 0.255 e. The zero-order chi connectivity index (χ0) is 26.1. The third-order valence-corrected chi connectivity index (χ3v) is 7.51. The fourth-order valence-electron chi connectivity index (χ4n) is 6.00. The van der Waals surface area contributed by atoms with Crippen molar-refractivity contribution in [2.75, 3.05) is 28.2 Å². The van der Waals surface area contributed by atoms with Crippen LogP contribution in [-0.2, 0) is 27.3 Å². The number of Topliss-reactive ketones (excluding diaryl/α,β-unsaturated/α-hetero) is 2. The zero-order valence-corrected chi connectivity index (χ0v) is 20.4. The molecule has 4 rings (SSSR count). The molecule has 10 nitrogen and oxygen atoms in total. The molecular formula is C25H31N3O7. The number of carbonyl (C=O) groups is 3. The minimum Gasteiger partial charge on any atom is -0.508 e. The maximum absolute atomic E-state index is 13.8. The number of carbonyl (C=O) groups excluding carboxylic acids is 3. The van der Waals surface area contributed by atoms with E-state index in [0.29, 0.717) is 17.7 Å². The number of hydrogen-bond acceptors (Lipinski definition) is 9. The van der Waals surface area contributed by atoms with Crippen LogP contribution in [0.25, 0.3) is 5.76 Å². The quantitative estimate of drug-likeness (QED) is 0.378. The first kappa shape index (κ1) is 24.9. The van der Waals surface area contributed by atoms with Gasteiger partial charge in [-0.1, -0.05) is 6.07 Å². The number of phenolic OH excluding ortho intramolecular Hbond substituents is 1. The summed E-state index contributed by atoms with van der Waals surface area (Å²) < 4.78 is 0. The number of phenols is 1. The number of nitrogens with zero attached hydrogens (tertiary/aromatic N) is 2. The number of rotatable bonds is 4. The third-order valence-electron chi connectivity index (χ3n) is 7.51. The Bertz CT molecular complexity index is 1230.